The van der Waals surface area contributed by atoms with E-state index in [0.29, 0.717) is 33.6 Å². The van der Waals surface area contributed by atoms with Gasteiger partial charge in [0.15, 0.2) is 18.1 Å². The zero-order valence-corrected chi connectivity index (χ0v) is 19.5. The number of carbonyl (C=O) groups excluding carboxylic acids is 1. The number of hydrogen-bond donors (Lipinski definition) is 4. The highest BCUT2D eigenvalue weighted by Gasteiger charge is 2.19. The number of pyridine rings is 1. The van der Waals surface area contributed by atoms with Gasteiger partial charge in [-0.1, -0.05) is 18.2 Å². The first-order chi connectivity index (χ1) is 17.4. The van der Waals surface area contributed by atoms with Crippen LogP contribution in [0.1, 0.15) is 5.56 Å². The molecule has 0 saturated heterocycles. The topological polar surface area (TPSA) is 144 Å². The third kappa shape index (κ3) is 4.05. The van der Waals surface area contributed by atoms with Gasteiger partial charge in [0.05, 0.1) is 11.2 Å². The Morgan fingerprint density at radius 3 is 2.67 bits per heavy atom. The number of aromatic amines is 1. The molecule has 0 bridgehead atoms. The van der Waals surface area contributed by atoms with Crippen molar-refractivity contribution in [1.82, 2.24) is 20.1 Å². The van der Waals surface area contributed by atoms with Crippen molar-refractivity contribution in [2.45, 2.75) is 6.92 Å². The molecule has 2 heterocycles. The molecule has 182 valence electrons. The van der Waals surface area contributed by atoms with Crippen LogP contribution in [0.15, 0.2) is 65.5 Å². The quantitative estimate of drug-likeness (QED) is 0.289. The van der Waals surface area contributed by atoms with E-state index in [9.17, 15) is 14.7 Å². The summed E-state index contributed by atoms with van der Waals surface area (Å²) in [6.45, 7) is 1.68. The summed E-state index contributed by atoms with van der Waals surface area (Å²) in [5.74, 6) is 1.04. The number of nitrogen functional groups attached to an aromatic ring is 1. The number of phenols is 1. The summed E-state index contributed by atoms with van der Waals surface area (Å²) in [4.78, 5) is 27.2. The normalized spacial score (nSPS) is 11.1. The Bertz CT molecular complexity index is 1670. The number of ether oxygens (including phenoxy) is 2. The van der Waals surface area contributed by atoms with Crippen LogP contribution in [0.5, 0.6) is 23.0 Å². The summed E-state index contributed by atoms with van der Waals surface area (Å²) in [5.41, 5.74) is 8.05. The van der Waals surface area contributed by atoms with E-state index in [1.807, 2.05) is 25.1 Å². The van der Waals surface area contributed by atoms with Gasteiger partial charge in [-0.25, -0.2) is 4.68 Å². The smallest absolute Gasteiger partial charge is 0.261 e. The molecule has 10 nitrogen and oxygen atoms in total. The number of rotatable bonds is 6. The van der Waals surface area contributed by atoms with Gasteiger partial charge in [0.1, 0.15) is 28.2 Å². The van der Waals surface area contributed by atoms with Crippen LogP contribution in [-0.2, 0) is 4.79 Å². The number of aryl methyl sites for hydroxylation is 1. The number of carbonyl (C=O) groups is 1. The van der Waals surface area contributed by atoms with Gasteiger partial charge in [0.2, 0.25) is 0 Å². The second-order valence-electron chi connectivity index (χ2n) is 8.17. The number of aromatic hydroxyl groups is 1. The molecular formula is C26H23N5O5. The van der Waals surface area contributed by atoms with Crippen molar-refractivity contribution < 1.29 is 19.4 Å². The zero-order valence-electron chi connectivity index (χ0n) is 19.5. The van der Waals surface area contributed by atoms with Crippen LogP contribution in [0.4, 0.5) is 5.82 Å². The molecule has 0 spiro atoms. The lowest BCUT2D eigenvalue weighted by Gasteiger charge is -2.13. The number of nitrogens with one attached hydrogen (secondary N) is 2. The van der Waals surface area contributed by atoms with Crippen LogP contribution < -0.4 is 26.1 Å². The molecule has 5 rings (SSSR count). The fraction of sp³-hybridized carbons (Fsp3) is 0.115. The Morgan fingerprint density at radius 2 is 1.92 bits per heavy atom. The summed E-state index contributed by atoms with van der Waals surface area (Å²) < 4.78 is 12.7. The van der Waals surface area contributed by atoms with Crippen LogP contribution >= 0.6 is 0 Å². The molecule has 36 heavy (non-hydrogen) atoms. The van der Waals surface area contributed by atoms with Crippen molar-refractivity contribution in [3.05, 3.63) is 76.6 Å². The lowest BCUT2D eigenvalue weighted by molar-refractivity contribution is -0.122. The van der Waals surface area contributed by atoms with Gasteiger partial charge in [-0.05, 0) is 42.8 Å². The van der Waals surface area contributed by atoms with Crippen molar-refractivity contribution in [2.24, 2.45) is 0 Å². The molecule has 5 aromatic rings. The standard InChI is InChI=1S/C26H23N5O5/c1-14-10-21(36-15-6-4-3-5-7-15)20(32)12-19(14)31-25(27)23-24(30-31)17-9-8-16(35-13-22(33)28-2)11-18(17)29-26(23)34/h3-12,32H,13,27H2,1-2H3,(H,28,33)(H,29,34). The largest absolute Gasteiger partial charge is 0.504 e. The maximum absolute atomic E-state index is 12.9. The summed E-state index contributed by atoms with van der Waals surface area (Å²) in [7, 11) is 1.52. The highest BCUT2D eigenvalue weighted by Crippen LogP contribution is 2.36. The molecule has 10 heteroatoms. The number of hydrogen-bond acceptors (Lipinski definition) is 7. The molecule has 2 aromatic heterocycles. The average Bonchev–Trinajstić information content (AvgIpc) is 3.22. The highest BCUT2D eigenvalue weighted by atomic mass is 16.5. The molecule has 0 atom stereocenters. The van der Waals surface area contributed by atoms with Crippen molar-refractivity contribution in [3.63, 3.8) is 0 Å². The SMILES string of the molecule is CNC(=O)COc1ccc2c(c1)[nH]c(=O)c1c(N)n(-c3cc(O)c(Oc4ccccc4)cc3C)nc12. The van der Waals surface area contributed by atoms with Crippen molar-refractivity contribution in [3.8, 4) is 28.7 Å². The number of amides is 1. The van der Waals surface area contributed by atoms with E-state index < -0.39 is 5.56 Å². The molecule has 0 aliphatic heterocycles. The Labute approximate surface area is 204 Å². The molecule has 0 aliphatic carbocycles. The van der Waals surface area contributed by atoms with Gasteiger partial charge >= 0.3 is 0 Å². The summed E-state index contributed by atoms with van der Waals surface area (Å²) in [5, 5.41) is 18.6. The second kappa shape index (κ2) is 8.99. The van der Waals surface area contributed by atoms with E-state index in [-0.39, 0.29) is 35.2 Å². The summed E-state index contributed by atoms with van der Waals surface area (Å²) in [6.07, 6.45) is 0. The van der Waals surface area contributed by atoms with E-state index in [0.717, 1.165) is 5.56 Å². The molecule has 5 N–H and O–H groups in total. The minimum Gasteiger partial charge on any atom is -0.504 e. The van der Waals surface area contributed by atoms with E-state index in [1.54, 1.807) is 36.4 Å². The number of aromatic nitrogens is 3. The summed E-state index contributed by atoms with van der Waals surface area (Å²) >= 11 is 0. The maximum Gasteiger partial charge on any atom is 0.261 e. The third-order valence-electron chi connectivity index (χ3n) is 5.77. The highest BCUT2D eigenvalue weighted by molar-refractivity contribution is 6.07. The van der Waals surface area contributed by atoms with Crippen LogP contribution in [0.2, 0.25) is 0 Å². The number of H-pyrrole nitrogens is 1. The number of anilines is 1. The zero-order chi connectivity index (χ0) is 25.4. The Hall–Kier alpha value is -4.99. The lowest BCUT2D eigenvalue weighted by Crippen LogP contribution is -2.24. The van der Waals surface area contributed by atoms with Crippen LogP contribution in [-0.4, -0.2) is 39.4 Å². The molecule has 0 radical (unpaired) electrons. The first kappa shape index (κ1) is 22.8. The predicted molar refractivity (Wildman–Crippen MR) is 136 cm³/mol. The Morgan fingerprint density at radius 1 is 1.14 bits per heavy atom. The maximum atomic E-state index is 12.9. The molecule has 1 amide bonds. The average molecular weight is 486 g/mol. The number of para-hydroxylation sites is 1. The molecule has 0 aliphatic rings. The minimum absolute atomic E-state index is 0.102. The Balaban J connectivity index is 1.57. The molecule has 0 fully saturated rings. The first-order valence-corrected chi connectivity index (χ1v) is 11.1. The first-order valence-electron chi connectivity index (χ1n) is 11.1. The van der Waals surface area contributed by atoms with Crippen LogP contribution in [0, 0.1) is 6.92 Å². The van der Waals surface area contributed by atoms with E-state index in [4.69, 9.17) is 15.2 Å². The van der Waals surface area contributed by atoms with Crippen molar-refractivity contribution >= 4 is 33.5 Å². The van der Waals surface area contributed by atoms with Gasteiger partial charge in [0.25, 0.3) is 11.5 Å². The van der Waals surface area contributed by atoms with E-state index in [1.165, 1.54) is 17.8 Å². The van der Waals surface area contributed by atoms with Crippen LogP contribution in [0.25, 0.3) is 27.5 Å². The number of likely N-dealkylation sites (N-methyl/N-ethyl adjacent to an activating group) is 1. The second-order valence-corrected chi connectivity index (χ2v) is 8.17. The van der Waals surface area contributed by atoms with E-state index >= 15 is 0 Å². The van der Waals surface area contributed by atoms with Gasteiger partial charge in [-0.2, -0.15) is 5.10 Å². The fourth-order valence-corrected chi connectivity index (χ4v) is 3.94. The number of nitrogens with two attached hydrogens (primary N) is 1. The number of nitrogens with zero attached hydrogens (tertiary/aromatic N) is 2. The van der Waals surface area contributed by atoms with Crippen LogP contribution in [0.3, 0.4) is 0 Å². The molecule has 0 saturated carbocycles. The summed E-state index contributed by atoms with van der Waals surface area (Å²) in [6, 6.07) is 17.3. The van der Waals surface area contributed by atoms with Gasteiger partial charge in [-0.15, -0.1) is 0 Å². The molecule has 0 unspecified atom stereocenters. The number of benzene rings is 3. The molecule has 3 aromatic carbocycles. The van der Waals surface area contributed by atoms with Crippen molar-refractivity contribution in [2.75, 3.05) is 19.4 Å². The van der Waals surface area contributed by atoms with Gasteiger partial charge < -0.3 is 30.6 Å². The van der Waals surface area contributed by atoms with Gasteiger partial charge in [-0.3, -0.25) is 9.59 Å². The fourth-order valence-electron chi connectivity index (χ4n) is 3.94. The minimum atomic E-state index is -0.421. The molecular weight excluding hydrogens is 462 g/mol. The van der Waals surface area contributed by atoms with Gasteiger partial charge in [0, 0.05) is 24.6 Å². The number of fused-ring (bicyclic) bond motifs is 3. The Kier molecular flexibility index (Phi) is 5.69. The lowest BCUT2D eigenvalue weighted by atomic mass is 10.1. The third-order valence-corrected chi connectivity index (χ3v) is 5.77. The monoisotopic (exact) mass is 485 g/mol. The number of phenolic OH excluding ortho intramolecular Hbond substituents is 1. The predicted octanol–water partition coefficient (Wildman–Crippen LogP) is 3.38. The van der Waals surface area contributed by atoms with Crippen molar-refractivity contribution in [1.29, 1.82) is 0 Å². The van der Waals surface area contributed by atoms with E-state index in [2.05, 4.69) is 15.4 Å².